The molecule has 1 aliphatic rings. The molecule has 2 rings (SSSR count). The Kier molecular flexibility index (Phi) is 4.14. The minimum Gasteiger partial charge on any atom is -0.469 e. The van der Waals surface area contributed by atoms with Crippen molar-refractivity contribution in [1.29, 1.82) is 0 Å². The number of hydrogen-bond acceptors (Lipinski definition) is 4. The zero-order chi connectivity index (χ0) is 13.8. The van der Waals surface area contributed by atoms with Crippen LogP contribution in [-0.4, -0.2) is 41.5 Å². The van der Waals surface area contributed by atoms with Crippen molar-refractivity contribution in [3.05, 3.63) is 30.1 Å². The molecule has 5 heteroatoms. The van der Waals surface area contributed by atoms with Crippen molar-refractivity contribution in [3.8, 4) is 0 Å². The number of aromatic nitrogens is 1. The van der Waals surface area contributed by atoms with E-state index >= 15 is 0 Å². The first-order chi connectivity index (χ1) is 9.11. The van der Waals surface area contributed by atoms with E-state index in [1.165, 1.54) is 7.11 Å². The van der Waals surface area contributed by atoms with E-state index in [1.54, 1.807) is 17.3 Å². The number of hydrogen-bond donors (Lipinski definition) is 0. The third kappa shape index (κ3) is 3.10. The Bertz CT molecular complexity index is 461. The fourth-order valence-electron chi connectivity index (χ4n) is 2.45. The Morgan fingerprint density at radius 2 is 2.42 bits per heavy atom. The summed E-state index contributed by atoms with van der Waals surface area (Å²) in [5, 5.41) is 0. The number of likely N-dealkylation sites (tertiary alicyclic amines) is 1. The van der Waals surface area contributed by atoms with Gasteiger partial charge in [0, 0.05) is 31.4 Å². The fraction of sp³-hybridized carbons (Fsp3) is 0.500. The summed E-state index contributed by atoms with van der Waals surface area (Å²) in [6.07, 6.45) is 4.52. The van der Waals surface area contributed by atoms with Gasteiger partial charge in [0.05, 0.1) is 13.0 Å². The molecule has 1 amide bonds. The first-order valence-corrected chi connectivity index (χ1v) is 6.38. The number of amides is 1. The Morgan fingerprint density at radius 3 is 3.05 bits per heavy atom. The van der Waals surface area contributed by atoms with Crippen molar-refractivity contribution in [3.63, 3.8) is 0 Å². The quantitative estimate of drug-likeness (QED) is 0.761. The number of methoxy groups -OCH3 is 1. The minimum absolute atomic E-state index is 0.0202. The summed E-state index contributed by atoms with van der Waals surface area (Å²) in [4.78, 5) is 29.2. The van der Waals surface area contributed by atoms with Crippen LogP contribution in [0.25, 0.3) is 0 Å². The minimum atomic E-state index is -0.325. The van der Waals surface area contributed by atoms with Crippen LogP contribution < -0.4 is 0 Å². The Labute approximate surface area is 112 Å². The number of carbonyl (C=O) groups is 2. The predicted octanol–water partition coefficient (Wildman–Crippen LogP) is 1.03. The van der Waals surface area contributed by atoms with Crippen molar-refractivity contribution in [2.45, 2.75) is 25.8 Å². The summed E-state index contributed by atoms with van der Waals surface area (Å²) in [6.45, 7) is 2.44. The second-order valence-electron chi connectivity index (χ2n) is 4.88. The highest BCUT2D eigenvalue weighted by atomic mass is 16.5. The lowest BCUT2D eigenvalue weighted by Gasteiger charge is -2.24. The van der Waals surface area contributed by atoms with Gasteiger partial charge in [-0.2, -0.15) is 0 Å². The van der Waals surface area contributed by atoms with E-state index in [2.05, 4.69) is 4.98 Å². The van der Waals surface area contributed by atoms with Crippen LogP contribution >= 0.6 is 0 Å². The van der Waals surface area contributed by atoms with Gasteiger partial charge in [0.15, 0.2) is 0 Å². The zero-order valence-electron chi connectivity index (χ0n) is 11.2. The van der Waals surface area contributed by atoms with Gasteiger partial charge in [-0.1, -0.05) is 6.07 Å². The topological polar surface area (TPSA) is 59.5 Å². The van der Waals surface area contributed by atoms with Crippen LogP contribution in [0.1, 0.15) is 18.9 Å². The molecule has 1 aliphatic heterocycles. The zero-order valence-corrected chi connectivity index (χ0v) is 11.2. The maximum atomic E-state index is 11.9. The van der Waals surface area contributed by atoms with Crippen LogP contribution in [0.4, 0.5) is 0 Å². The highest BCUT2D eigenvalue weighted by molar-refractivity contribution is 5.86. The lowest BCUT2D eigenvalue weighted by Crippen LogP contribution is -2.36. The van der Waals surface area contributed by atoms with E-state index in [0.29, 0.717) is 6.54 Å². The molecule has 19 heavy (non-hydrogen) atoms. The standard InChI is InChI=1S/C14H18N2O3/c1-10(6-11-4-3-5-15-8-11)16-9-12(7-13(16)17)14(18)19-2/h3-5,8,10,12H,6-7,9H2,1-2H3. The normalized spacial score (nSPS) is 20.4. The molecule has 1 saturated heterocycles. The summed E-state index contributed by atoms with van der Waals surface area (Å²) in [7, 11) is 1.36. The van der Waals surface area contributed by atoms with Gasteiger partial charge < -0.3 is 9.64 Å². The number of rotatable bonds is 4. The van der Waals surface area contributed by atoms with Gasteiger partial charge in [-0.3, -0.25) is 14.6 Å². The van der Waals surface area contributed by atoms with Gasteiger partial charge >= 0.3 is 5.97 Å². The average molecular weight is 262 g/mol. The monoisotopic (exact) mass is 262 g/mol. The predicted molar refractivity (Wildman–Crippen MR) is 69.2 cm³/mol. The van der Waals surface area contributed by atoms with Crippen LogP contribution in [0.2, 0.25) is 0 Å². The van der Waals surface area contributed by atoms with Gasteiger partial charge in [-0.25, -0.2) is 0 Å². The van der Waals surface area contributed by atoms with Gasteiger partial charge in [-0.15, -0.1) is 0 Å². The highest BCUT2D eigenvalue weighted by Gasteiger charge is 2.37. The van der Waals surface area contributed by atoms with Crippen molar-refractivity contribution in [2.75, 3.05) is 13.7 Å². The summed E-state index contributed by atoms with van der Waals surface area (Å²) in [5.74, 6) is -0.606. The number of esters is 1. The molecule has 2 atom stereocenters. The van der Waals surface area contributed by atoms with E-state index < -0.39 is 0 Å². The molecule has 2 unspecified atom stereocenters. The maximum Gasteiger partial charge on any atom is 0.310 e. The van der Waals surface area contributed by atoms with Crippen LogP contribution in [0.3, 0.4) is 0 Å². The second kappa shape index (κ2) is 5.82. The molecular weight excluding hydrogens is 244 g/mol. The molecule has 0 saturated carbocycles. The van der Waals surface area contributed by atoms with Crippen LogP contribution in [0, 0.1) is 5.92 Å². The van der Waals surface area contributed by atoms with Crippen LogP contribution in [0.15, 0.2) is 24.5 Å². The second-order valence-corrected chi connectivity index (χ2v) is 4.88. The van der Waals surface area contributed by atoms with E-state index in [9.17, 15) is 9.59 Å². The van der Waals surface area contributed by atoms with E-state index in [1.807, 2.05) is 19.1 Å². The van der Waals surface area contributed by atoms with Gasteiger partial charge in [-0.05, 0) is 25.0 Å². The Hall–Kier alpha value is -1.91. The van der Waals surface area contributed by atoms with E-state index in [0.717, 1.165) is 12.0 Å². The smallest absolute Gasteiger partial charge is 0.310 e. The third-order valence-corrected chi connectivity index (χ3v) is 3.48. The molecule has 1 aromatic heterocycles. The van der Waals surface area contributed by atoms with Crippen LogP contribution in [0.5, 0.6) is 0 Å². The number of nitrogens with zero attached hydrogens (tertiary/aromatic N) is 2. The molecule has 0 spiro atoms. The molecule has 1 aromatic rings. The number of ether oxygens (including phenoxy) is 1. The SMILES string of the molecule is COC(=O)C1CC(=O)N(C(C)Cc2cccnc2)C1. The van der Waals surface area contributed by atoms with E-state index in [4.69, 9.17) is 4.74 Å². The first-order valence-electron chi connectivity index (χ1n) is 6.38. The molecule has 0 radical (unpaired) electrons. The Morgan fingerprint density at radius 1 is 1.63 bits per heavy atom. The summed E-state index contributed by atoms with van der Waals surface area (Å²) >= 11 is 0. The summed E-state index contributed by atoms with van der Waals surface area (Å²) < 4.78 is 4.70. The molecule has 0 aromatic carbocycles. The van der Waals surface area contributed by atoms with Crippen molar-refractivity contribution >= 4 is 11.9 Å². The molecule has 102 valence electrons. The highest BCUT2D eigenvalue weighted by Crippen LogP contribution is 2.22. The van der Waals surface area contributed by atoms with Gasteiger partial charge in [0.1, 0.15) is 0 Å². The molecule has 1 fully saturated rings. The third-order valence-electron chi connectivity index (χ3n) is 3.48. The van der Waals surface area contributed by atoms with E-state index in [-0.39, 0.29) is 30.3 Å². The average Bonchev–Trinajstić information content (AvgIpc) is 2.81. The first kappa shape index (κ1) is 13.5. The number of pyridine rings is 1. The number of carbonyl (C=O) groups excluding carboxylic acids is 2. The fourth-order valence-corrected chi connectivity index (χ4v) is 2.45. The summed E-state index contributed by atoms with van der Waals surface area (Å²) in [5.41, 5.74) is 1.09. The van der Waals surface area contributed by atoms with Gasteiger partial charge in [0.25, 0.3) is 0 Å². The lowest BCUT2D eigenvalue weighted by atomic mass is 10.1. The lowest BCUT2D eigenvalue weighted by molar-refractivity contribution is -0.145. The molecule has 0 bridgehead atoms. The van der Waals surface area contributed by atoms with Crippen LogP contribution in [-0.2, 0) is 20.7 Å². The van der Waals surface area contributed by atoms with Crippen molar-refractivity contribution < 1.29 is 14.3 Å². The molecule has 5 nitrogen and oxygen atoms in total. The summed E-state index contributed by atoms with van der Waals surface area (Å²) in [6, 6.07) is 3.93. The molecule has 0 N–H and O–H groups in total. The molecule has 0 aliphatic carbocycles. The molecular formula is C14H18N2O3. The molecule has 2 heterocycles. The largest absolute Gasteiger partial charge is 0.469 e. The maximum absolute atomic E-state index is 11.9. The van der Waals surface area contributed by atoms with Crippen molar-refractivity contribution in [2.24, 2.45) is 5.92 Å². The van der Waals surface area contributed by atoms with Crippen molar-refractivity contribution in [1.82, 2.24) is 9.88 Å². The Balaban J connectivity index is 1.98. The van der Waals surface area contributed by atoms with Gasteiger partial charge in [0.2, 0.25) is 5.91 Å².